The minimum atomic E-state index is -4.62. The van der Waals surface area contributed by atoms with E-state index in [-0.39, 0.29) is 43.5 Å². The molecule has 0 spiro atoms. The van der Waals surface area contributed by atoms with Crippen LogP contribution in [0.2, 0.25) is 0 Å². The Balaban J connectivity index is 1.74. The highest BCUT2D eigenvalue weighted by molar-refractivity contribution is 14.1. The number of hydrogen-bond acceptors (Lipinski definition) is 11. The summed E-state index contributed by atoms with van der Waals surface area (Å²) in [5.74, 6) is -2.33. The lowest BCUT2D eigenvalue weighted by Crippen LogP contribution is -2.32. The Labute approximate surface area is 423 Å². The molecule has 0 saturated heterocycles. The fourth-order valence-corrected chi connectivity index (χ4v) is 13.3. The maximum absolute atomic E-state index is 12.3. The van der Waals surface area contributed by atoms with Crippen molar-refractivity contribution in [2.45, 2.75) is 100 Å². The summed E-state index contributed by atoms with van der Waals surface area (Å²) >= 11 is 6.94. The van der Waals surface area contributed by atoms with Crippen LogP contribution in [-0.2, 0) is 56.1 Å². The molecule has 2 aliphatic rings. The zero-order chi connectivity index (χ0) is 48.6. The van der Waals surface area contributed by atoms with Gasteiger partial charge in [-0.15, -0.1) is 0 Å². The first-order chi connectivity index (χ1) is 30.1. The molecule has 2 heterocycles. The van der Waals surface area contributed by atoms with E-state index < -0.39 is 74.5 Å². The maximum Gasteiger partial charge on any atom is 0.303 e. The summed E-state index contributed by atoms with van der Waals surface area (Å²) < 4.78 is 139. The van der Waals surface area contributed by atoms with Gasteiger partial charge in [0.2, 0.25) is 5.69 Å². The Hall–Kier alpha value is -1.83. The minimum Gasteiger partial charge on any atom is -0.748 e. The molecule has 4 N–H and O–H groups in total. The summed E-state index contributed by atoms with van der Waals surface area (Å²) in [5.41, 5.74) is 3.20. The van der Waals surface area contributed by atoms with Gasteiger partial charge in [-0.2, -0.15) is 29.8 Å². The summed E-state index contributed by atoms with van der Waals surface area (Å²) in [4.78, 5) is 13.0. The van der Waals surface area contributed by atoms with E-state index in [0.29, 0.717) is 55.6 Å². The number of rotatable bonds is 25. The van der Waals surface area contributed by atoms with Crippen LogP contribution in [0.3, 0.4) is 0 Å². The van der Waals surface area contributed by atoms with Crippen molar-refractivity contribution in [2.75, 3.05) is 35.2 Å². The zero-order valence-electron chi connectivity index (χ0n) is 35.7. The first kappa shape index (κ1) is 55.8. The summed E-state index contributed by atoms with van der Waals surface area (Å²) in [7, 11) is -17.6. The van der Waals surface area contributed by atoms with Crippen LogP contribution in [0, 0.1) is 10.7 Å². The molecule has 0 aliphatic carbocycles. The van der Waals surface area contributed by atoms with Crippen LogP contribution >= 0.6 is 67.8 Å². The fourth-order valence-electron chi connectivity index (χ4n) is 8.47. The topological polar surface area (TPSA) is 264 Å². The van der Waals surface area contributed by atoms with Gasteiger partial charge in [0.15, 0.2) is 5.71 Å². The average molecular weight is 1320 g/mol. The van der Waals surface area contributed by atoms with Gasteiger partial charge in [-0.25, -0.2) is 8.42 Å². The number of benzene rings is 2. The van der Waals surface area contributed by atoms with Gasteiger partial charge in [0.05, 0.1) is 31.9 Å². The lowest BCUT2D eigenvalue weighted by molar-refractivity contribution is -0.438. The standard InChI is InChI=1S/C42H53I3N2O14S4/c1-41(21-11-13-25-62(50,51)52)31-28-30(65(59,60)61)19-20-33(31)46(23-12-14-26-63(53,54)55)35(41)16-7-4-3-5-8-17-36-42(2,22-10-6-9-18-37(48)49)38-34(29-32(43)39(44)40(38)45)47(36)24-15-27-64(56,57)58/h3-5,7-8,16-17,19-20,28-29H,6,9-15,18,21-27H2,1-2H3,(H4-,48,49,50,51,52,53,54,55,56,57,58,59,60,61). The SMILES string of the molecule is CC1(CCCCS(=O)(=O)O)C(C=CC=CC=CC=C2N(CCCS(=O)(=O)O)c3cc(I)c(I)c(I)c3C2(C)CCCCCC(=O)O)=[N+](CCCCS(=O)(=O)[O-])c2ccc(S(=O)(=O)O)cc21. The van der Waals surface area contributed by atoms with Crippen molar-refractivity contribution in [3.63, 3.8) is 0 Å². The number of allylic oxidation sites excluding steroid dienone is 8. The van der Waals surface area contributed by atoms with E-state index in [1.54, 1.807) is 24.3 Å². The molecule has 2 aliphatic heterocycles. The Morgan fingerprint density at radius 2 is 1.34 bits per heavy atom. The van der Waals surface area contributed by atoms with Crippen molar-refractivity contribution in [1.29, 1.82) is 0 Å². The number of aliphatic carboxylic acids is 1. The highest BCUT2D eigenvalue weighted by atomic mass is 127. The van der Waals surface area contributed by atoms with Crippen molar-refractivity contribution in [3.05, 3.63) is 94.3 Å². The number of unbranched alkanes of at least 4 members (excludes halogenated alkanes) is 4. The molecule has 2 unspecified atom stereocenters. The number of fused-ring (bicyclic) bond motifs is 2. The number of hydrogen-bond donors (Lipinski definition) is 4. The quantitative estimate of drug-likeness (QED) is 0.0183. The molecule has 23 heteroatoms. The van der Waals surface area contributed by atoms with E-state index in [9.17, 15) is 61.8 Å². The molecule has 4 rings (SSSR count). The van der Waals surface area contributed by atoms with Gasteiger partial charge in [-0.3, -0.25) is 18.5 Å². The number of carboxylic acid groups (broad SMARTS) is 1. The second-order valence-electron chi connectivity index (χ2n) is 16.4. The number of nitrogens with zero attached hydrogens (tertiary/aromatic N) is 2. The summed E-state index contributed by atoms with van der Waals surface area (Å²) in [6, 6.07) is 6.21. The third-order valence-electron chi connectivity index (χ3n) is 11.5. The molecule has 0 radical (unpaired) electrons. The van der Waals surface area contributed by atoms with E-state index in [1.807, 2.05) is 29.7 Å². The molecular weight excluding hydrogens is 1270 g/mol. The Bertz CT molecular complexity index is 2740. The van der Waals surface area contributed by atoms with Gasteiger partial charge in [-0.05, 0) is 144 Å². The first-order valence-corrected chi connectivity index (χ1v) is 30.1. The lowest BCUT2D eigenvalue weighted by Gasteiger charge is -2.31. The van der Waals surface area contributed by atoms with Crippen molar-refractivity contribution in [1.82, 2.24) is 0 Å². The second-order valence-corrected chi connectivity index (χ2v) is 25.8. The van der Waals surface area contributed by atoms with Crippen molar-refractivity contribution in [3.8, 4) is 0 Å². The monoisotopic (exact) mass is 1320 g/mol. The summed E-state index contributed by atoms with van der Waals surface area (Å²) in [5, 5.41) is 9.20. The van der Waals surface area contributed by atoms with E-state index >= 15 is 0 Å². The maximum atomic E-state index is 12.3. The van der Waals surface area contributed by atoms with Crippen LogP contribution in [0.15, 0.2) is 77.4 Å². The molecule has 65 heavy (non-hydrogen) atoms. The van der Waals surface area contributed by atoms with E-state index in [2.05, 4.69) is 85.7 Å². The van der Waals surface area contributed by atoms with Crippen LogP contribution in [0.25, 0.3) is 0 Å². The van der Waals surface area contributed by atoms with Crippen molar-refractivity contribution >= 4 is 131 Å². The number of carbonyl (C=O) groups is 1. The highest BCUT2D eigenvalue weighted by Gasteiger charge is 2.48. The van der Waals surface area contributed by atoms with Crippen LogP contribution in [-0.4, -0.2) is 104 Å². The second kappa shape index (κ2) is 23.2. The predicted octanol–water partition coefficient (Wildman–Crippen LogP) is 8.13. The zero-order valence-corrected chi connectivity index (χ0v) is 45.4. The number of halogens is 3. The van der Waals surface area contributed by atoms with E-state index in [1.165, 1.54) is 18.2 Å². The predicted molar refractivity (Wildman–Crippen MR) is 274 cm³/mol. The number of carboxylic acids is 1. The molecule has 0 fully saturated rings. The Morgan fingerprint density at radius 3 is 1.97 bits per heavy atom. The van der Waals surface area contributed by atoms with Gasteiger partial charge < -0.3 is 14.6 Å². The molecule has 2 aromatic carbocycles. The normalized spacial score (nSPS) is 20.0. The molecule has 2 atom stereocenters. The molecule has 0 amide bonds. The number of anilines is 1. The van der Waals surface area contributed by atoms with Crippen molar-refractivity contribution in [2.24, 2.45) is 0 Å². The van der Waals surface area contributed by atoms with Gasteiger partial charge >= 0.3 is 5.97 Å². The van der Waals surface area contributed by atoms with Crippen LogP contribution in [0.5, 0.6) is 0 Å². The molecule has 0 saturated carbocycles. The Kier molecular flexibility index (Phi) is 19.9. The van der Waals surface area contributed by atoms with Crippen LogP contribution in [0.1, 0.15) is 95.6 Å². The summed E-state index contributed by atoms with van der Waals surface area (Å²) in [6.07, 6.45) is 16.7. The van der Waals surface area contributed by atoms with E-state index in [4.69, 9.17) is 0 Å². The molecule has 360 valence electrons. The minimum absolute atomic E-state index is 0.0630. The lowest BCUT2D eigenvalue weighted by atomic mass is 9.75. The van der Waals surface area contributed by atoms with Crippen molar-refractivity contribution < 1.29 is 66.4 Å². The van der Waals surface area contributed by atoms with Gasteiger partial charge in [0.1, 0.15) is 6.54 Å². The van der Waals surface area contributed by atoms with Gasteiger partial charge in [0.25, 0.3) is 30.4 Å². The third-order valence-corrected chi connectivity index (χ3v) is 19.9. The molecule has 2 aromatic rings. The molecule has 0 aromatic heterocycles. The smallest absolute Gasteiger partial charge is 0.303 e. The van der Waals surface area contributed by atoms with E-state index in [0.717, 1.165) is 34.1 Å². The summed E-state index contributed by atoms with van der Waals surface area (Å²) in [6.45, 7) is 4.52. The molecule has 0 bridgehead atoms. The van der Waals surface area contributed by atoms with Crippen LogP contribution < -0.4 is 4.90 Å². The van der Waals surface area contributed by atoms with Gasteiger partial charge in [0, 0.05) is 75.9 Å². The fraction of sp³-hybridized carbons (Fsp3) is 0.476. The largest absolute Gasteiger partial charge is 0.748 e. The average Bonchev–Trinajstić information content (AvgIpc) is 3.54. The Morgan fingerprint density at radius 1 is 0.738 bits per heavy atom. The van der Waals surface area contributed by atoms with Gasteiger partial charge in [-0.1, -0.05) is 49.6 Å². The first-order valence-electron chi connectivity index (χ1n) is 20.6. The molecular formula is C42H53I3N2O14S4. The third kappa shape index (κ3) is 15.6. The molecule has 16 nitrogen and oxygen atoms in total. The highest BCUT2D eigenvalue weighted by Crippen LogP contribution is 2.54. The van der Waals surface area contributed by atoms with Crippen LogP contribution in [0.4, 0.5) is 11.4 Å².